The Morgan fingerprint density at radius 3 is 1.72 bits per heavy atom. The van der Waals surface area contributed by atoms with Crippen molar-refractivity contribution in [1.82, 2.24) is 0 Å². The van der Waals surface area contributed by atoms with Crippen molar-refractivity contribution in [3.63, 3.8) is 0 Å². The third-order valence-corrected chi connectivity index (χ3v) is 13.6. The van der Waals surface area contributed by atoms with Crippen LogP contribution in [0, 0.1) is 0 Å². The first-order chi connectivity index (χ1) is 28.8. The number of fused-ring (bicyclic) bond motifs is 16. The maximum absolute atomic E-state index is 7.25. The molecule has 1 nitrogen and oxygen atoms in total. The van der Waals surface area contributed by atoms with Gasteiger partial charge in [0.1, 0.15) is 11.5 Å². The molecule has 1 heterocycles. The largest absolute Gasteiger partial charge is 0.455 e. The van der Waals surface area contributed by atoms with Gasteiger partial charge in [0.2, 0.25) is 0 Å². The summed E-state index contributed by atoms with van der Waals surface area (Å²) >= 11 is 0. The van der Waals surface area contributed by atoms with Crippen molar-refractivity contribution < 1.29 is 4.74 Å². The SMILES string of the molecule is c1ccc2c(c1)-c1cccc3c1-c1cc(-c4cccc5c4-c4ccccc4C54c5ccccc5-c5cc6ccccc6cc54)ccc1Oc1c-2c-3cc2ccccc12. The van der Waals surface area contributed by atoms with E-state index in [-0.39, 0.29) is 0 Å². The molecule has 1 aliphatic heterocycles. The van der Waals surface area contributed by atoms with Gasteiger partial charge in [-0.1, -0.05) is 164 Å². The van der Waals surface area contributed by atoms with Gasteiger partial charge in [-0.25, -0.2) is 0 Å². The molecule has 266 valence electrons. The van der Waals surface area contributed by atoms with Crippen molar-refractivity contribution in [2.75, 3.05) is 0 Å². The first-order valence-corrected chi connectivity index (χ1v) is 20.3. The lowest BCUT2D eigenvalue weighted by molar-refractivity contribution is 0.492. The highest BCUT2D eigenvalue weighted by atomic mass is 16.5. The molecule has 10 aromatic carbocycles. The summed E-state index contributed by atoms with van der Waals surface area (Å²) in [6, 6.07) is 72.6. The first-order valence-electron chi connectivity index (χ1n) is 20.3. The molecule has 6 bridgehead atoms. The van der Waals surface area contributed by atoms with Gasteiger partial charge in [0.15, 0.2) is 0 Å². The van der Waals surface area contributed by atoms with Crippen molar-refractivity contribution in [1.29, 1.82) is 0 Å². The third kappa shape index (κ3) is 3.68. The summed E-state index contributed by atoms with van der Waals surface area (Å²) in [7, 11) is 0. The van der Waals surface area contributed by atoms with E-state index in [4.69, 9.17) is 4.74 Å². The summed E-state index contributed by atoms with van der Waals surface area (Å²) in [6.07, 6.45) is 0. The number of rotatable bonds is 1. The van der Waals surface area contributed by atoms with Crippen LogP contribution in [-0.4, -0.2) is 0 Å². The summed E-state index contributed by atoms with van der Waals surface area (Å²) in [5, 5.41) is 4.85. The van der Waals surface area contributed by atoms with Gasteiger partial charge in [-0.2, -0.15) is 0 Å². The van der Waals surface area contributed by atoms with Crippen LogP contribution in [-0.2, 0) is 5.41 Å². The fourth-order valence-electron chi connectivity index (χ4n) is 11.3. The van der Waals surface area contributed by atoms with Crippen molar-refractivity contribution >= 4 is 21.5 Å². The van der Waals surface area contributed by atoms with Crippen LogP contribution in [0.25, 0.3) is 99.4 Å². The van der Waals surface area contributed by atoms with Crippen molar-refractivity contribution in [3.8, 4) is 89.4 Å². The molecule has 0 aromatic heterocycles. The molecule has 14 rings (SSSR count). The van der Waals surface area contributed by atoms with Crippen molar-refractivity contribution in [2.45, 2.75) is 5.41 Å². The van der Waals surface area contributed by atoms with Crippen LogP contribution in [0.1, 0.15) is 22.3 Å². The zero-order valence-corrected chi connectivity index (χ0v) is 31.4. The predicted octanol–water partition coefficient (Wildman–Crippen LogP) is 15.1. The van der Waals surface area contributed by atoms with Crippen LogP contribution in [0.15, 0.2) is 194 Å². The molecule has 3 aliphatic carbocycles. The van der Waals surface area contributed by atoms with Crippen molar-refractivity contribution in [3.05, 3.63) is 216 Å². The molecular weight excluding hydrogens is 701 g/mol. The van der Waals surface area contributed by atoms with E-state index in [0.29, 0.717) is 0 Å². The van der Waals surface area contributed by atoms with Crippen LogP contribution < -0.4 is 4.74 Å². The minimum absolute atomic E-state index is 0.437. The van der Waals surface area contributed by atoms with E-state index in [1.807, 2.05) is 0 Å². The second-order valence-corrected chi connectivity index (χ2v) is 16.3. The molecule has 0 N–H and O–H groups in total. The molecule has 1 atom stereocenters. The first kappa shape index (κ1) is 30.7. The van der Waals surface area contributed by atoms with Gasteiger partial charge in [-0.15, -0.1) is 0 Å². The Kier molecular flexibility index (Phi) is 5.76. The number of benzene rings is 10. The lowest BCUT2D eigenvalue weighted by atomic mass is 9.70. The lowest BCUT2D eigenvalue weighted by Crippen LogP contribution is -2.25. The highest BCUT2D eigenvalue weighted by molar-refractivity contribution is 6.14. The molecule has 0 radical (unpaired) electrons. The van der Waals surface area contributed by atoms with Gasteiger partial charge in [-0.3, -0.25) is 0 Å². The van der Waals surface area contributed by atoms with Crippen LogP contribution in [0.5, 0.6) is 11.5 Å². The Bertz CT molecular complexity index is 3490. The monoisotopic (exact) mass is 732 g/mol. The normalized spacial score (nSPS) is 15.4. The Hall–Kier alpha value is -7.48. The Balaban J connectivity index is 1.06. The lowest BCUT2D eigenvalue weighted by Gasteiger charge is -2.30. The minimum Gasteiger partial charge on any atom is -0.455 e. The number of hydrogen-bond donors (Lipinski definition) is 0. The molecule has 0 fully saturated rings. The topological polar surface area (TPSA) is 9.23 Å². The summed E-state index contributed by atoms with van der Waals surface area (Å²) in [4.78, 5) is 0. The molecule has 1 heteroatoms. The fraction of sp³-hybridized carbons (Fsp3) is 0.0175. The smallest absolute Gasteiger partial charge is 0.143 e. The van der Waals surface area contributed by atoms with E-state index in [0.717, 1.165) is 22.4 Å². The molecule has 1 unspecified atom stereocenters. The maximum Gasteiger partial charge on any atom is 0.143 e. The standard InChI is InChI=1S/C57H32O/c1-2-14-34-32-51-45(29-33(34)13-1)40-18-7-9-24-48(40)57(51)49-25-10-8-20-44(49)54-37(21-12-26-50(54)57)36-27-28-52-47(31-36)53-41-22-11-23-43(53)46-30-35-15-3-4-16-38(35)56(58-52)55(46)42-19-6-5-17-39(41)42/h1-32H. The van der Waals surface area contributed by atoms with Crippen molar-refractivity contribution in [2.24, 2.45) is 0 Å². The molecular formula is C57H32O. The van der Waals surface area contributed by atoms with Crippen LogP contribution in [0.2, 0.25) is 0 Å². The van der Waals surface area contributed by atoms with E-state index < -0.39 is 5.41 Å². The van der Waals surface area contributed by atoms with E-state index in [2.05, 4.69) is 194 Å². The highest BCUT2D eigenvalue weighted by Gasteiger charge is 2.52. The summed E-state index contributed by atoms with van der Waals surface area (Å²) in [6.45, 7) is 0. The highest BCUT2D eigenvalue weighted by Crippen LogP contribution is 2.65. The zero-order chi connectivity index (χ0) is 37.7. The summed E-state index contributed by atoms with van der Waals surface area (Å²) in [5.41, 5.74) is 22.3. The van der Waals surface area contributed by atoms with E-state index in [1.165, 1.54) is 111 Å². The van der Waals surface area contributed by atoms with E-state index in [1.54, 1.807) is 0 Å². The average molecular weight is 733 g/mol. The zero-order valence-electron chi connectivity index (χ0n) is 31.4. The number of hydrogen-bond acceptors (Lipinski definition) is 1. The third-order valence-electron chi connectivity index (χ3n) is 13.6. The van der Waals surface area contributed by atoms with Gasteiger partial charge in [0.05, 0.1) is 5.41 Å². The number of ether oxygens (including phenoxy) is 1. The molecule has 4 aliphatic rings. The molecule has 1 spiro atoms. The second kappa shape index (κ2) is 10.9. The van der Waals surface area contributed by atoms with E-state index >= 15 is 0 Å². The minimum atomic E-state index is -0.437. The quantitative estimate of drug-likeness (QED) is 0.163. The predicted molar refractivity (Wildman–Crippen MR) is 239 cm³/mol. The van der Waals surface area contributed by atoms with Crippen LogP contribution >= 0.6 is 0 Å². The molecule has 0 amide bonds. The second-order valence-electron chi connectivity index (χ2n) is 16.3. The van der Waals surface area contributed by atoms with Gasteiger partial charge < -0.3 is 4.74 Å². The Morgan fingerprint density at radius 1 is 0.293 bits per heavy atom. The Labute approximate surface area is 336 Å². The molecule has 10 aromatic rings. The van der Waals surface area contributed by atoms with Gasteiger partial charge in [0.25, 0.3) is 0 Å². The van der Waals surface area contributed by atoms with Gasteiger partial charge >= 0.3 is 0 Å². The summed E-state index contributed by atoms with van der Waals surface area (Å²) < 4.78 is 7.25. The molecule has 0 saturated carbocycles. The van der Waals surface area contributed by atoms with Gasteiger partial charge in [0, 0.05) is 22.1 Å². The van der Waals surface area contributed by atoms with Crippen LogP contribution in [0.3, 0.4) is 0 Å². The van der Waals surface area contributed by atoms with E-state index in [9.17, 15) is 0 Å². The Morgan fingerprint density at radius 2 is 0.879 bits per heavy atom. The molecule has 0 saturated heterocycles. The fourth-order valence-corrected chi connectivity index (χ4v) is 11.3. The molecule has 58 heavy (non-hydrogen) atoms. The maximum atomic E-state index is 7.25. The average Bonchev–Trinajstić information content (AvgIpc) is 3.74. The van der Waals surface area contributed by atoms with Crippen LogP contribution in [0.4, 0.5) is 0 Å². The summed E-state index contributed by atoms with van der Waals surface area (Å²) in [5.74, 6) is 1.80. The van der Waals surface area contributed by atoms with Gasteiger partial charge in [-0.05, 0) is 130 Å².